The third kappa shape index (κ3) is 4.15. The number of carbonyl (C=O) groups excluding carboxylic acids is 1. The summed E-state index contributed by atoms with van der Waals surface area (Å²) < 4.78 is 5.75. The summed E-state index contributed by atoms with van der Waals surface area (Å²) in [7, 11) is 0. The van der Waals surface area contributed by atoms with Crippen molar-refractivity contribution < 1.29 is 9.53 Å². The second-order valence-electron chi connectivity index (χ2n) is 5.22. The number of ether oxygens (including phenoxy) is 1. The topological polar surface area (TPSA) is 38.3 Å². The molecule has 0 aliphatic carbocycles. The van der Waals surface area contributed by atoms with Gasteiger partial charge in [-0.05, 0) is 36.4 Å². The molecule has 0 saturated heterocycles. The lowest BCUT2D eigenvalue weighted by molar-refractivity contribution is 0.102. The summed E-state index contributed by atoms with van der Waals surface area (Å²) in [6.07, 6.45) is 0. The van der Waals surface area contributed by atoms with E-state index in [1.54, 1.807) is 30.3 Å². The number of carbonyl (C=O) groups is 1. The Morgan fingerprint density at radius 2 is 1.67 bits per heavy atom. The molecule has 0 aliphatic rings. The molecule has 0 saturated carbocycles. The van der Waals surface area contributed by atoms with Gasteiger partial charge in [0.1, 0.15) is 12.4 Å². The molecule has 3 aromatic rings. The predicted octanol–water partition coefficient (Wildman–Crippen LogP) is 5.17. The number of amides is 1. The van der Waals surface area contributed by atoms with E-state index < -0.39 is 0 Å². The standard InChI is InChI=1S/C20H16ClNO2/c21-16-8-6-9-17(13-16)22-20(23)19-12-5-4-7-15(19)14-24-18-10-2-1-3-11-18/h1-13H,14H2,(H,22,23). The third-order valence-electron chi connectivity index (χ3n) is 3.48. The number of nitrogens with one attached hydrogen (secondary N) is 1. The van der Waals surface area contributed by atoms with Gasteiger partial charge in [0, 0.05) is 21.8 Å². The zero-order valence-corrected chi connectivity index (χ0v) is 13.7. The Bertz CT molecular complexity index is 834. The van der Waals surface area contributed by atoms with Crippen LogP contribution in [0, 0.1) is 0 Å². The van der Waals surface area contributed by atoms with E-state index in [0.29, 0.717) is 22.9 Å². The van der Waals surface area contributed by atoms with E-state index in [9.17, 15) is 4.79 Å². The number of hydrogen-bond donors (Lipinski definition) is 1. The van der Waals surface area contributed by atoms with E-state index >= 15 is 0 Å². The van der Waals surface area contributed by atoms with Crippen molar-refractivity contribution in [2.75, 3.05) is 5.32 Å². The maximum absolute atomic E-state index is 12.5. The van der Waals surface area contributed by atoms with Gasteiger partial charge in [-0.25, -0.2) is 0 Å². The zero-order chi connectivity index (χ0) is 16.8. The van der Waals surface area contributed by atoms with Crippen LogP contribution in [0.2, 0.25) is 5.02 Å². The van der Waals surface area contributed by atoms with Crippen LogP contribution in [0.5, 0.6) is 5.75 Å². The van der Waals surface area contributed by atoms with Crippen LogP contribution < -0.4 is 10.1 Å². The van der Waals surface area contributed by atoms with Gasteiger partial charge >= 0.3 is 0 Å². The number of halogens is 1. The molecule has 4 heteroatoms. The highest BCUT2D eigenvalue weighted by molar-refractivity contribution is 6.31. The summed E-state index contributed by atoms with van der Waals surface area (Å²) in [5, 5.41) is 3.44. The molecular formula is C20H16ClNO2. The maximum atomic E-state index is 12.5. The van der Waals surface area contributed by atoms with Gasteiger partial charge in [0.05, 0.1) is 0 Å². The minimum atomic E-state index is -0.190. The van der Waals surface area contributed by atoms with Crippen molar-refractivity contribution in [3.63, 3.8) is 0 Å². The van der Waals surface area contributed by atoms with Crippen molar-refractivity contribution in [2.24, 2.45) is 0 Å². The summed E-state index contributed by atoms with van der Waals surface area (Å²) >= 11 is 5.95. The molecule has 1 N–H and O–H groups in total. The van der Waals surface area contributed by atoms with Gasteiger partial charge in [0.25, 0.3) is 5.91 Å². The highest BCUT2D eigenvalue weighted by Gasteiger charge is 2.12. The number of anilines is 1. The minimum absolute atomic E-state index is 0.190. The minimum Gasteiger partial charge on any atom is -0.489 e. The number of hydrogen-bond acceptors (Lipinski definition) is 2. The smallest absolute Gasteiger partial charge is 0.256 e. The first kappa shape index (κ1) is 16.1. The molecule has 0 fully saturated rings. The average Bonchev–Trinajstić information content (AvgIpc) is 2.61. The van der Waals surface area contributed by atoms with Crippen LogP contribution in [-0.4, -0.2) is 5.91 Å². The fourth-order valence-electron chi connectivity index (χ4n) is 2.31. The third-order valence-corrected chi connectivity index (χ3v) is 3.72. The van der Waals surface area contributed by atoms with Crippen LogP contribution in [-0.2, 0) is 6.61 Å². The van der Waals surface area contributed by atoms with Crippen LogP contribution >= 0.6 is 11.6 Å². The molecule has 0 atom stereocenters. The fourth-order valence-corrected chi connectivity index (χ4v) is 2.50. The monoisotopic (exact) mass is 337 g/mol. The lowest BCUT2D eigenvalue weighted by Gasteiger charge is -2.11. The van der Waals surface area contributed by atoms with Crippen LogP contribution in [0.15, 0.2) is 78.9 Å². The highest BCUT2D eigenvalue weighted by atomic mass is 35.5. The Morgan fingerprint density at radius 3 is 2.46 bits per heavy atom. The lowest BCUT2D eigenvalue weighted by Crippen LogP contribution is -2.15. The molecule has 0 spiro atoms. The van der Waals surface area contributed by atoms with Crippen molar-refractivity contribution in [3.8, 4) is 5.75 Å². The number of benzene rings is 3. The summed E-state index contributed by atoms with van der Waals surface area (Å²) in [6, 6.07) is 24.0. The summed E-state index contributed by atoms with van der Waals surface area (Å²) in [4.78, 5) is 12.5. The van der Waals surface area contributed by atoms with Crippen LogP contribution in [0.1, 0.15) is 15.9 Å². The van der Waals surface area contributed by atoms with E-state index in [2.05, 4.69) is 5.32 Å². The Kier molecular flexibility index (Phi) is 5.14. The van der Waals surface area contributed by atoms with Gasteiger partial charge in [0.15, 0.2) is 0 Å². The number of para-hydroxylation sites is 1. The van der Waals surface area contributed by atoms with Gasteiger partial charge in [-0.2, -0.15) is 0 Å². The van der Waals surface area contributed by atoms with Crippen molar-refractivity contribution >= 4 is 23.2 Å². The second-order valence-corrected chi connectivity index (χ2v) is 5.66. The van der Waals surface area contributed by atoms with Gasteiger partial charge in [-0.3, -0.25) is 4.79 Å². The molecule has 3 nitrogen and oxygen atoms in total. The Balaban J connectivity index is 1.74. The Hall–Kier alpha value is -2.78. The molecule has 3 rings (SSSR count). The van der Waals surface area contributed by atoms with E-state index in [0.717, 1.165) is 11.3 Å². The van der Waals surface area contributed by atoms with Crippen LogP contribution in [0.25, 0.3) is 0 Å². The van der Waals surface area contributed by atoms with E-state index in [1.165, 1.54) is 0 Å². The molecule has 0 bridgehead atoms. The maximum Gasteiger partial charge on any atom is 0.256 e. The molecule has 1 amide bonds. The van der Waals surface area contributed by atoms with Gasteiger partial charge in [0.2, 0.25) is 0 Å². The first-order valence-electron chi connectivity index (χ1n) is 7.55. The fraction of sp³-hybridized carbons (Fsp3) is 0.0500. The molecule has 120 valence electrons. The zero-order valence-electron chi connectivity index (χ0n) is 12.9. The van der Waals surface area contributed by atoms with Gasteiger partial charge in [-0.15, -0.1) is 0 Å². The first-order chi connectivity index (χ1) is 11.7. The average molecular weight is 338 g/mol. The van der Waals surface area contributed by atoms with Crippen molar-refractivity contribution in [3.05, 3.63) is 95.0 Å². The van der Waals surface area contributed by atoms with E-state index in [-0.39, 0.29) is 5.91 Å². The normalized spacial score (nSPS) is 10.2. The SMILES string of the molecule is O=C(Nc1cccc(Cl)c1)c1ccccc1COc1ccccc1. The molecule has 0 heterocycles. The highest BCUT2D eigenvalue weighted by Crippen LogP contribution is 2.18. The summed E-state index contributed by atoms with van der Waals surface area (Å²) in [5.41, 5.74) is 2.06. The van der Waals surface area contributed by atoms with E-state index in [1.807, 2.05) is 48.5 Å². The second kappa shape index (κ2) is 7.66. The van der Waals surface area contributed by atoms with Crippen molar-refractivity contribution in [2.45, 2.75) is 6.61 Å². The first-order valence-corrected chi connectivity index (χ1v) is 7.93. The van der Waals surface area contributed by atoms with E-state index in [4.69, 9.17) is 16.3 Å². The predicted molar refractivity (Wildman–Crippen MR) is 96.6 cm³/mol. The Morgan fingerprint density at radius 1 is 0.917 bits per heavy atom. The molecule has 0 radical (unpaired) electrons. The van der Waals surface area contributed by atoms with Crippen LogP contribution in [0.4, 0.5) is 5.69 Å². The molecule has 24 heavy (non-hydrogen) atoms. The molecule has 0 aromatic heterocycles. The van der Waals surface area contributed by atoms with Crippen molar-refractivity contribution in [1.82, 2.24) is 0 Å². The molecule has 0 unspecified atom stereocenters. The van der Waals surface area contributed by atoms with Crippen molar-refractivity contribution in [1.29, 1.82) is 0 Å². The lowest BCUT2D eigenvalue weighted by atomic mass is 10.1. The summed E-state index contributed by atoms with van der Waals surface area (Å²) in [5.74, 6) is 0.576. The molecule has 3 aromatic carbocycles. The number of rotatable bonds is 5. The quantitative estimate of drug-likeness (QED) is 0.697. The van der Waals surface area contributed by atoms with Crippen LogP contribution in [0.3, 0.4) is 0 Å². The summed E-state index contributed by atoms with van der Waals surface area (Å²) in [6.45, 7) is 0.323. The molecular weight excluding hydrogens is 322 g/mol. The molecule has 0 aliphatic heterocycles. The largest absolute Gasteiger partial charge is 0.489 e. The van der Waals surface area contributed by atoms with Gasteiger partial charge < -0.3 is 10.1 Å². The Labute approximate surface area is 145 Å². The van der Waals surface area contributed by atoms with Gasteiger partial charge in [-0.1, -0.05) is 54.1 Å².